The third-order valence-electron chi connectivity index (χ3n) is 3.83. The van der Waals surface area contributed by atoms with Gasteiger partial charge in [-0.2, -0.15) is 0 Å². The second-order valence-corrected chi connectivity index (χ2v) is 6.76. The van der Waals surface area contributed by atoms with Crippen molar-refractivity contribution in [1.82, 2.24) is 4.98 Å². The molecule has 1 aromatic heterocycles. The molecule has 0 saturated heterocycles. The highest BCUT2D eigenvalue weighted by Crippen LogP contribution is 2.29. The number of thioether (sulfide) groups is 1. The van der Waals surface area contributed by atoms with Crippen molar-refractivity contribution in [2.24, 2.45) is 0 Å². The summed E-state index contributed by atoms with van der Waals surface area (Å²) < 4.78 is 11.2. The average molecular weight is 339 g/mol. The van der Waals surface area contributed by atoms with Gasteiger partial charge in [0.15, 0.2) is 0 Å². The number of para-hydroxylation sites is 1. The molecule has 4 heteroatoms. The van der Waals surface area contributed by atoms with Crippen LogP contribution in [0.25, 0.3) is 10.9 Å². The lowest BCUT2D eigenvalue weighted by Gasteiger charge is -2.10. The molecule has 0 saturated carbocycles. The van der Waals surface area contributed by atoms with Crippen LogP contribution in [0.3, 0.4) is 0 Å². The Kier molecular flexibility index (Phi) is 5.26. The molecule has 0 aliphatic rings. The number of aryl methyl sites for hydroxylation is 2. The molecule has 2 aromatic carbocycles. The number of fused-ring (bicyclic) bond motifs is 1. The van der Waals surface area contributed by atoms with E-state index in [1.807, 2.05) is 24.3 Å². The molecule has 3 nitrogen and oxygen atoms in total. The molecular weight excluding hydrogens is 318 g/mol. The van der Waals surface area contributed by atoms with Crippen LogP contribution in [0.1, 0.15) is 11.1 Å². The minimum atomic E-state index is 0.651. The Hall–Kier alpha value is -2.20. The molecule has 3 aromatic rings. The van der Waals surface area contributed by atoms with Crippen molar-refractivity contribution in [3.05, 3.63) is 59.7 Å². The van der Waals surface area contributed by atoms with E-state index in [0.717, 1.165) is 33.2 Å². The molecule has 24 heavy (non-hydrogen) atoms. The Bertz CT molecular complexity index is 831. The monoisotopic (exact) mass is 339 g/mol. The van der Waals surface area contributed by atoms with Gasteiger partial charge in [-0.1, -0.05) is 29.8 Å². The fraction of sp³-hybridized carbons (Fsp3) is 0.250. The largest absolute Gasteiger partial charge is 0.494 e. The molecule has 0 aliphatic carbocycles. The molecule has 0 bridgehead atoms. The summed E-state index contributed by atoms with van der Waals surface area (Å²) in [4.78, 5) is 4.75. The highest BCUT2D eigenvalue weighted by Gasteiger charge is 2.08. The number of ether oxygens (including phenoxy) is 2. The first-order valence-electron chi connectivity index (χ1n) is 7.94. The fourth-order valence-corrected chi connectivity index (χ4v) is 3.33. The van der Waals surface area contributed by atoms with Gasteiger partial charge in [-0.25, -0.2) is 4.98 Å². The normalized spacial score (nSPS) is 10.8. The van der Waals surface area contributed by atoms with Crippen LogP contribution >= 0.6 is 11.8 Å². The highest BCUT2D eigenvalue weighted by molar-refractivity contribution is 7.99. The number of methoxy groups -OCH3 is 1. The van der Waals surface area contributed by atoms with E-state index in [-0.39, 0.29) is 0 Å². The predicted molar refractivity (Wildman–Crippen MR) is 100 cm³/mol. The van der Waals surface area contributed by atoms with Crippen molar-refractivity contribution < 1.29 is 9.47 Å². The lowest BCUT2D eigenvalue weighted by atomic mass is 10.1. The van der Waals surface area contributed by atoms with E-state index >= 15 is 0 Å². The van der Waals surface area contributed by atoms with Crippen molar-refractivity contribution in [1.29, 1.82) is 0 Å². The van der Waals surface area contributed by atoms with E-state index in [1.165, 1.54) is 11.1 Å². The zero-order valence-corrected chi connectivity index (χ0v) is 15.0. The second kappa shape index (κ2) is 7.58. The number of hydrogen-bond acceptors (Lipinski definition) is 4. The van der Waals surface area contributed by atoms with Gasteiger partial charge < -0.3 is 9.47 Å². The zero-order chi connectivity index (χ0) is 16.9. The first-order chi connectivity index (χ1) is 11.7. The van der Waals surface area contributed by atoms with Crippen LogP contribution in [0, 0.1) is 13.8 Å². The van der Waals surface area contributed by atoms with Gasteiger partial charge in [0.2, 0.25) is 0 Å². The third-order valence-corrected chi connectivity index (χ3v) is 4.70. The van der Waals surface area contributed by atoms with Crippen molar-refractivity contribution >= 4 is 22.7 Å². The Morgan fingerprint density at radius 3 is 2.58 bits per heavy atom. The molecule has 0 spiro atoms. The van der Waals surface area contributed by atoms with Crippen molar-refractivity contribution in [3.8, 4) is 11.5 Å². The van der Waals surface area contributed by atoms with Gasteiger partial charge in [0.25, 0.3) is 0 Å². The van der Waals surface area contributed by atoms with Crippen molar-refractivity contribution in [3.63, 3.8) is 0 Å². The van der Waals surface area contributed by atoms with Gasteiger partial charge in [0.05, 0.1) is 18.7 Å². The maximum Gasteiger partial charge on any atom is 0.145 e. The van der Waals surface area contributed by atoms with Crippen LogP contribution in [-0.2, 0) is 0 Å². The van der Waals surface area contributed by atoms with Crippen LogP contribution in [0.5, 0.6) is 11.5 Å². The first kappa shape index (κ1) is 16.7. The van der Waals surface area contributed by atoms with Crippen molar-refractivity contribution in [2.45, 2.75) is 18.9 Å². The fourth-order valence-electron chi connectivity index (χ4n) is 2.54. The number of benzene rings is 2. The van der Waals surface area contributed by atoms with E-state index in [1.54, 1.807) is 18.9 Å². The Morgan fingerprint density at radius 1 is 1.04 bits per heavy atom. The summed E-state index contributed by atoms with van der Waals surface area (Å²) in [5.74, 6) is 2.57. The summed E-state index contributed by atoms with van der Waals surface area (Å²) in [6, 6.07) is 16.3. The third kappa shape index (κ3) is 3.82. The number of aromatic nitrogens is 1. The summed E-state index contributed by atoms with van der Waals surface area (Å²) >= 11 is 1.70. The second-order valence-electron chi connectivity index (χ2n) is 5.64. The molecule has 0 fully saturated rings. The SMILES string of the molecule is COc1cccc2c(C)cc(SCCOc3ccc(C)cc3)nc12. The topological polar surface area (TPSA) is 31.4 Å². The van der Waals surface area contributed by atoms with E-state index in [9.17, 15) is 0 Å². The minimum absolute atomic E-state index is 0.651. The summed E-state index contributed by atoms with van der Waals surface area (Å²) in [7, 11) is 1.68. The predicted octanol–water partition coefficient (Wildman–Crippen LogP) is 5.03. The van der Waals surface area contributed by atoms with Crippen LogP contribution in [-0.4, -0.2) is 24.5 Å². The van der Waals surface area contributed by atoms with E-state index < -0.39 is 0 Å². The van der Waals surface area contributed by atoms with E-state index in [0.29, 0.717) is 6.61 Å². The molecule has 0 atom stereocenters. The summed E-state index contributed by atoms with van der Waals surface area (Å²) in [5.41, 5.74) is 3.37. The molecular formula is C20H21NO2S. The number of pyridine rings is 1. The van der Waals surface area contributed by atoms with E-state index in [4.69, 9.17) is 14.5 Å². The number of rotatable bonds is 6. The molecule has 0 N–H and O–H groups in total. The van der Waals surface area contributed by atoms with Crippen LogP contribution in [0.2, 0.25) is 0 Å². The Labute approximate surface area is 147 Å². The number of nitrogens with zero attached hydrogens (tertiary/aromatic N) is 1. The minimum Gasteiger partial charge on any atom is -0.494 e. The lowest BCUT2D eigenvalue weighted by molar-refractivity contribution is 0.344. The van der Waals surface area contributed by atoms with Gasteiger partial charge >= 0.3 is 0 Å². The first-order valence-corrected chi connectivity index (χ1v) is 8.92. The summed E-state index contributed by atoms with van der Waals surface area (Å²) in [5, 5.41) is 2.13. The van der Waals surface area contributed by atoms with Gasteiger partial charge in [0, 0.05) is 11.1 Å². The molecule has 0 unspecified atom stereocenters. The standard InChI is InChI=1S/C20H21NO2S/c1-14-7-9-16(10-8-14)23-11-12-24-19-13-15(2)17-5-4-6-18(22-3)20(17)21-19/h4-10,13H,11-12H2,1-3H3. The maximum atomic E-state index is 5.77. The van der Waals surface area contributed by atoms with Crippen molar-refractivity contribution in [2.75, 3.05) is 19.5 Å². The summed E-state index contributed by atoms with van der Waals surface area (Å²) in [6.45, 7) is 4.83. The molecule has 0 radical (unpaired) electrons. The maximum absolute atomic E-state index is 5.77. The zero-order valence-electron chi connectivity index (χ0n) is 14.2. The smallest absolute Gasteiger partial charge is 0.145 e. The Balaban J connectivity index is 1.66. The lowest BCUT2D eigenvalue weighted by Crippen LogP contribution is -2.00. The molecule has 124 valence electrons. The highest BCUT2D eigenvalue weighted by atomic mass is 32.2. The van der Waals surface area contributed by atoms with Crippen LogP contribution < -0.4 is 9.47 Å². The van der Waals surface area contributed by atoms with Crippen LogP contribution in [0.4, 0.5) is 0 Å². The molecule has 0 amide bonds. The van der Waals surface area contributed by atoms with Crippen LogP contribution in [0.15, 0.2) is 53.6 Å². The molecule has 3 rings (SSSR count). The van der Waals surface area contributed by atoms with Gasteiger partial charge in [-0.05, 0) is 43.7 Å². The van der Waals surface area contributed by atoms with Gasteiger partial charge in [-0.15, -0.1) is 11.8 Å². The summed E-state index contributed by atoms with van der Waals surface area (Å²) in [6.07, 6.45) is 0. The van der Waals surface area contributed by atoms with E-state index in [2.05, 4.69) is 38.1 Å². The Morgan fingerprint density at radius 2 is 1.83 bits per heavy atom. The van der Waals surface area contributed by atoms with Gasteiger partial charge in [-0.3, -0.25) is 0 Å². The van der Waals surface area contributed by atoms with Gasteiger partial charge in [0.1, 0.15) is 17.0 Å². The number of hydrogen-bond donors (Lipinski definition) is 0. The molecule has 0 aliphatic heterocycles. The average Bonchev–Trinajstić information content (AvgIpc) is 2.60. The quantitative estimate of drug-likeness (QED) is 0.465. The molecule has 1 heterocycles.